The van der Waals surface area contributed by atoms with Gasteiger partial charge in [-0.2, -0.15) is 13.2 Å². The molecule has 0 amide bonds. The van der Waals surface area contributed by atoms with Gasteiger partial charge < -0.3 is 10.2 Å². The van der Waals surface area contributed by atoms with Crippen molar-refractivity contribution in [3.8, 4) is 0 Å². The van der Waals surface area contributed by atoms with Crippen LogP contribution in [0.2, 0.25) is 0 Å². The van der Waals surface area contributed by atoms with Crippen LogP contribution in [-0.2, 0) is 6.18 Å². The van der Waals surface area contributed by atoms with Gasteiger partial charge in [-0.05, 0) is 26.1 Å². The summed E-state index contributed by atoms with van der Waals surface area (Å²) in [6.45, 7) is 1.72. The Bertz CT molecular complexity index is 393. The Kier molecular flexibility index (Phi) is 3.19. The van der Waals surface area contributed by atoms with Gasteiger partial charge in [-0.25, -0.2) is 9.97 Å². The Balaban J connectivity index is 2.06. The fraction of sp³-hybridized carbons (Fsp3) is 0.600. The Morgan fingerprint density at radius 2 is 2.24 bits per heavy atom. The van der Waals surface area contributed by atoms with Gasteiger partial charge in [0.1, 0.15) is 5.69 Å². The van der Waals surface area contributed by atoms with Gasteiger partial charge in [0, 0.05) is 18.8 Å². The number of hydrogen-bond acceptors (Lipinski definition) is 4. The van der Waals surface area contributed by atoms with Gasteiger partial charge in [0.2, 0.25) is 5.95 Å². The summed E-state index contributed by atoms with van der Waals surface area (Å²) in [6.07, 6.45) is -2.42. The first-order valence-electron chi connectivity index (χ1n) is 5.30. The molecule has 7 heteroatoms. The maximum atomic E-state index is 12.4. The summed E-state index contributed by atoms with van der Waals surface area (Å²) >= 11 is 0. The number of likely N-dealkylation sites (N-methyl/N-ethyl adjacent to an activating group) is 1. The standard InChI is InChI=1S/C10H13F3N4/c1-17-5-3-7(6-17)15-9-14-4-2-8(16-9)10(11,12)13/h2,4,7H,3,5-6H2,1H3,(H,14,15,16). The number of aromatic nitrogens is 2. The summed E-state index contributed by atoms with van der Waals surface area (Å²) < 4.78 is 37.3. The van der Waals surface area contributed by atoms with Gasteiger partial charge >= 0.3 is 6.18 Å². The van der Waals surface area contributed by atoms with Crippen molar-refractivity contribution in [2.24, 2.45) is 0 Å². The molecule has 0 aromatic carbocycles. The van der Waals surface area contributed by atoms with E-state index in [9.17, 15) is 13.2 Å². The molecule has 0 aliphatic carbocycles. The van der Waals surface area contributed by atoms with Crippen LogP contribution >= 0.6 is 0 Å². The van der Waals surface area contributed by atoms with Crippen LogP contribution in [0.15, 0.2) is 12.3 Å². The van der Waals surface area contributed by atoms with Crippen LogP contribution in [-0.4, -0.2) is 41.0 Å². The second kappa shape index (κ2) is 4.48. The lowest BCUT2D eigenvalue weighted by molar-refractivity contribution is -0.141. The van der Waals surface area contributed by atoms with Crippen molar-refractivity contribution in [2.75, 3.05) is 25.5 Å². The molecule has 1 fully saturated rings. The van der Waals surface area contributed by atoms with E-state index in [1.807, 2.05) is 7.05 Å². The molecule has 0 saturated carbocycles. The Labute approximate surface area is 96.9 Å². The van der Waals surface area contributed by atoms with Gasteiger partial charge in [-0.3, -0.25) is 0 Å². The summed E-state index contributed by atoms with van der Waals surface area (Å²) in [4.78, 5) is 9.37. The molecule has 17 heavy (non-hydrogen) atoms. The maximum absolute atomic E-state index is 12.4. The van der Waals surface area contributed by atoms with Crippen molar-refractivity contribution in [2.45, 2.75) is 18.6 Å². The average molecular weight is 246 g/mol. The molecule has 94 valence electrons. The highest BCUT2D eigenvalue weighted by atomic mass is 19.4. The zero-order chi connectivity index (χ0) is 12.5. The van der Waals surface area contributed by atoms with Crippen LogP contribution in [0.1, 0.15) is 12.1 Å². The van der Waals surface area contributed by atoms with E-state index in [4.69, 9.17) is 0 Å². The number of anilines is 1. The third kappa shape index (κ3) is 3.06. The molecular formula is C10H13F3N4. The highest BCUT2D eigenvalue weighted by Gasteiger charge is 2.33. The summed E-state index contributed by atoms with van der Waals surface area (Å²) in [5, 5.41) is 2.92. The highest BCUT2D eigenvalue weighted by molar-refractivity contribution is 5.28. The fourth-order valence-corrected chi connectivity index (χ4v) is 1.82. The zero-order valence-electron chi connectivity index (χ0n) is 9.33. The van der Waals surface area contributed by atoms with E-state index in [1.165, 1.54) is 0 Å². The number of halogens is 3. The quantitative estimate of drug-likeness (QED) is 0.860. The van der Waals surface area contributed by atoms with Gasteiger partial charge in [0.15, 0.2) is 0 Å². The summed E-state index contributed by atoms with van der Waals surface area (Å²) in [5.41, 5.74) is -0.915. The van der Waals surface area contributed by atoms with E-state index in [-0.39, 0.29) is 12.0 Å². The lowest BCUT2D eigenvalue weighted by Crippen LogP contribution is -2.25. The maximum Gasteiger partial charge on any atom is 0.433 e. The van der Waals surface area contributed by atoms with Crippen LogP contribution in [0.25, 0.3) is 0 Å². The number of nitrogens with zero attached hydrogens (tertiary/aromatic N) is 3. The number of alkyl halides is 3. The molecule has 0 bridgehead atoms. The summed E-state index contributed by atoms with van der Waals surface area (Å²) in [6, 6.07) is 0.981. The molecule has 1 aromatic heterocycles. The van der Waals surface area contributed by atoms with Crippen LogP contribution in [0.4, 0.5) is 19.1 Å². The van der Waals surface area contributed by atoms with Crippen molar-refractivity contribution in [3.63, 3.8) is 0 Å². The molecule has 1 aromatic rings. The van der Waals surface area contributed by atoms with Crippen molar-refractivity contribution in [3.05, 3.63) is 18.0 Å². The van der Waals surface area contributed by atoms with Crippen molar-refractivity contribution >= 4 is 5.95 Å². The first-order chi connectivity index (χ1) is 7.95. The first kappa shape index (κ1) is 12.1. The van der Waals surface area contributed by atoms with E-state index in [0.29, 0.717) is 0 Å². The Morgan fingerprint density at radius 3 is 2.82 bits per heavy atom. The predicted octanol–water partition coefficient (Wildman–Crippen LogP) is 1.61. The molecule has 2 rings (SSSR count). The van der Waals surface area contributed by atoms with Crippen molar-refractivity contribution in [1.82, 2.24) is 14.9 Å². The van der Waals surface area contributed by atoms with Crippen LogP contribution in [0.3, 0.4) is 0 Å². The lowest BCUT2D eigenvalue weighted by Gasteiger charge is -2.13. The fourth-order valence-electron chi connectivity index (χ4n) is 1.82. The number of hydrogen-bond donors (Lipinski definition) is 1. The molecule has 4 nitrogen and oxygen atoms in total. The second-order valence-corrected chi connectivity index (χ2v) is 4.16. The van der Waals surface area contributed by atoms with Gasteiger partial charge in [-0.15, -0.1) is 0 Å². The van der Waals surface area contributed by atoms with E-state index in [0.717, 1.165) is 31.8 Å². The molecule has 1 saturated heterocycles. The molecule has 0 spiro atoms. The Morgan fingerprint density at radius 1 is 1.47 bits per heavy atom. The monoisotopic (exact) mass is 246 g/mol. The highest BCUT2D eigenvalue weighted by Crippen LogP contribution is 2.27. The molecular weight excluding hydrogens is 233 g/mol. The minimum atomic E-state index is -4.42. The van der Waals surface area contributed by atoms with Crippen molar-refractivity contribution in [1.29, 1.82) is 0 Å². The van der Waals surface area contributed by atoms with E-state index < -0.39 is 11.9 Å². The minimum absolute atomic E-state index is 0.0418. The molecule has 2 heterocycles. The number of rotatable bonds is 2. The predicted molar refractivity (Wildman–Crippen MR) is 56.6 cm³/mol. The molecule has 1 atom stereocenters. The molecule has 1 aliphatic heterocycles. The smallest absolute Gasteiger partial charge is 0.350 e. The second-order valence-electron chi connectivity index (χ2n) is 4.16. The topological polar surface area (TPSA) is 41.0 Å². The van der Waals surface area contributed by atoms with Gasteiger partial charge in [0.25, 0.3) is 0 Å². The normalized spacial score (nSPS) is 21.8. The molecule has 1 N–H and O–H groups in total. The van der Waals surface area contributed by atoms with Gasteiger partial charge in [-0.1, -0.05) is 0 Å². The minimum Gasteiger partial charge on any atom is -0.350 e. The SMILES string of the molecule is CN1CCC(Nc2nccc(C(F)(F)F)n2)C1. The van der Waals surface area contributed by atoms with Gasteiger partial charge in [0.05, 0.1) is 0 Å². The van der Waals surface area contributed by atoms with Crippen LogP contribution in [0, 0.1) is 0 Å². The molecule has 1 aliphatic rings. The van der Waals surface area contributed by atoms with E-state index in [1.54, 1.807) is 0 Å². The largest absolute Gasteiger partial charge is 0.433 e. The summed E-state index contributed by atoms with van der Waals surface area (Å²) in [5.74, 6) is 0.0418. The lowest BCUT2D eigenvalue weighted by atomic mass is 10.3. The van der Waals surface area contributed by atoms with Crippen LogP contribution in [0.5, 0.6) is 0 Å². The average Bonchev–Trinajstić information content (AvgIpc) is 2.63. The van der Waals surface area contributed by atoms with Crippen LogP contribution < -0.4 is 5.32 Å². The third-order valence-corrected chi connectivity index (χ3v) is 2.67. The summed E-state index contributed by atoms with van der Waals surface area (Å²) in [7, 11) is 1.97. The zero-order valence-corrected chi connectivity index (χ0v) is 9.33. The third-order valence-electron chi connectivity index (χ3n) is 2.67. The Hall–Kier alpha value is -1.37. The van der Waals surface area contributed by atoms with Crippen molar-refractivity contribution < 1.29 is 13.2 Å². The van der Waals surface area contributed by atoms with E-state index in [2.05, 4.69) is 20.2 Å². The van der Waals surface area contributed by atoms with E-state index >= 15 is 0 Å². The number of nitrogens with one attached hydrogen (secondary N) is 1. The first-order valence-corrected chi connectivity index (χ1v) is 5.30. The molecule has 1 unspecified atom stereocenters. The molecule has 0 radical (unpaired) electrons. The number of likely N-dealkylation sites (tertiary alicyclic amines) is 1.